The van der Waals surface area contributed by atoms with Gasteiger partial charge in [-0.2, -0.15) is 4.98 Å². The van der Waals surface area contributed by atoms with Crippen LogP contribution in [0.2, 0.25) is 0 Å². The standard InChI is InChI=1S/C21H17N3O6/c1-28-16-8-4-13(5-9-16)20-22-17(30-23-20)12-29-21(27)14-2-6-15(7-3-14)24-18(25)10-11-19(24)26/h2-9H,10-12H2,1H3. The monoisotopic (exact) mass is 407 g/mol. The number of nitrogens with zero attached hydrogens (tertiary/aromatic N) is 3. The van der Waals surface area contributed by atoms with Crippen LogP contribution in [-0.4, -0.2) is 35.0 Å². The quantitative estimate of drug-likeness (QED) is 0.453. The number of amides is 2. The smallest absolute Gasteiger partial charge is 0.338 e. The summed E-state index contributed by atoms with van der Waals surface area (Å²) in [6, 6.07) is 13.2. The van der Waals surface area contributed by atoms with E-state index in [1.54, 1.807) is 31.4 Å². The van der Waals surface area contributed by atoms with Crippen molar-refractivity contribution in [3.63, 3.8) is 0 Å². The van der Waals surface area contributed by atoms with Crippen LogP contribution < -0.4 is 9.64 Å². The predicted molar refractivity (Wildman–Crippen MR) is 104 cm³/mol. The van der Waals surface area contributed by atoms with E-state index in [0.717, 1.165) is 10.5 Å². The van der Waals surface area contributed by atoms with Crippen LogP contribution in [0.1, 0.15) is 29.1 Å². The Morgan fingerprint density at radius 2 is 1.70 bits per heavy atom. The summed E-state index contributed by atoms with van der Waals surface area (Å²) in [6.45, 7) is -0.188. The maximum absolute atomic E-state index is 12.3. The molecule has 0 spiro atoms. The Morgan fingerprint density at radius 3 is 2.33 bits per heavy atom. The minimum atomic E-state index is -0.593. The number of benzene rings is 2. The van der Waals surface area contributed by atoms with Gasteiger partial charge in [0.05, 0.1) is 18.4 Å². The Bertz CT molecular complexity index is 1070. The molecule has 0 radical (unpaired) electrons. The summed E-state index contributed by atoms with van der Waals surface area (Å²) in [5.41, 5.74) is 1.44. The number of hydrogen-bond acceptors (Lipinski definition) is 8. The van der Waals surface area contributed by atoms with Crippen LogP contribution in [0.5, 0.6) is 5.75 Å². The fraction of sp³-hybridized carbons (Fsp3) is 0.190. The second-order valence-electron chi connectivity index (χ2n) is 6.49. The first-order valence-electron chi connectivity index (χ1n) is 9.15. The number of hydrogen-bond donors (Lipinski definition) is 0. The topological polar surface area (TPSA) is 112 Å². The van der Waals surface area contributed by atoms with Gasteiger partial charge in [0.15, 0.2) is 6.61 Å². The summed E-state index contributed by atoms with van der Waals surface area (Å²) in [6.07, 6.45) is 0.399. The molecule has 0 bridgehead atoms. The first-order valence-corrected chi connectivity index (χ1v) is 9.15. The number of esters is 1. The molecule has 2 aromatic carbocycles. The summed E-state index contributed by atoms with van der Waals surface area (Å²) >= 11 is 0. The molecule has 3 aromatic rings. The van der Waals surface area contributed by atoms with Gasteiger partial charge in [-0.25, -0.2) is 4.79 Å². The van der Waals surface area contributed by atoms with E-state index in [4.69, 9.17) is 14.0 Å². The molecule has 1 aromatic heterocycles. The zero-order valence-corrected chi connectivity index (χ0v) is 16.0. The molecule has 152 valence electrons. The van der Waals surface area contributed by atoms with E-state index in [1.165, 1.54) is 24.3 Å². The van der Waals surface area contributed by atoms with Crippen LogP contribution in [-0.2, 0) is 20.9 Å². The minimum Gasteiger partial charge on any atom is -0.497 e. The van der Waals surface area contributed by atoms with Crippen LogP contribution in [0.15, 0.2) is 53.1 Å². The first-order chi connectivity index (χ1) is 14.5. The Labute approximate surface area is 171 Å². The van der Waals surface area contributed by atoms with Gasteiger partial charge < -0.3 is 14.0 Å². The molecule has 2 amide bonds. The molecule has 30 heavy (non-hydrogen) atoms. The van der Waals surface area contributed by atoms with Crippen molar-refractivity contribution < 1.29 is 28.4 Å². The van der Waals surface area contributed by atoms with Crippen LogP contribution in [0.3, 0.4) is 0 Å². The van der Waals surface area contributed by atoms with Crippen molar-refractivity contribution >= 4 is 23.5 Å². The van der Waals surface area contributed by atoms with Crippen molar-refractivity contribution in [1.82, 2.24) is 10.1 Å². The zero-order chi connectivity index (χ0) is 21.1. The molecule has 0 unspecified atom stereocenters. The van der Waals surface area contributed by atoms with Gasteiger partial charge in [-0.3, -0.25) is 14.5 Å². The summed E-state index contributed by atoms with van der Waals surface area (Å²) in [5, 5.41) is 3.87. The van der Waals surface area contributed by atoms with Gasteiger partial charge in [-0.15, -0.1) is 0 Å². The van der Waals surface area contributed by atoms with E-state index in [0.29, 0.717) is 17.3 Å². The normalized spacial score (nSPS) is 13.6. The van der Waals surface area contributed by atoms with Gasteiger partial charge in [-0.05, 0) is 48.5 Å². The first kappa shape index (κ1) is 19.3. The fourth-order valence-electron chi connectivity index (χ4n) is 2.99. The largest absolute Gasteiger partial charge is 0.497 e. The zero-order valence-electron chi connectivity index (χ0n) is 16.0. The molecular formula is C21H17N3O6. The Kier molecular flexibility index (Phi) is 5.25. The number of carbonyl (C=O) groups excluding carboxylic acids is 3. The van der Waals surface area contributed by atoms with Crippen molar-refractivity contribution in [3.05, 3.63) is 60.0 Å². The Hall–Kier alpha value is -4.01. The highest BCUT2D eigenvalue weighted by Crippen LogP contribution is 2.23. The fourth-order valence-corrected chi connectivity index (χ4v) is 2.99. The molecule has 4 rings (SSSR count). The van der Waals surface area contributed by atoms with E-state index in [2.05, 4.69) is 10.1 Å². The van der Waals surface area contributed by atoms with E-state index in [-0.39, 0.29) is 42.7 Å². The lowest BCUT2D eigenvalue weighted by Crippen LogP contribution is -2.28. The molecule has 1 aliphatic heterocycles. The van der Waals surface area contributed by atoms with Gasteiger partial charge in [0, 0.05) is 18.4 Å². The van der Waals surface area contributed by atoms with Crippen LogP contribution in [0, 0.1) is 0 Å². The second kappa shape index (κ2) is 8.16. The number of aromatic nitrogens is 2. The molecule has 1 aliphatic rings. The highest BCUT2D eigenvalue weighted by molar-refractivity contribution is 6.19. The van der Waals surface area contributed by atoms with Gasteiger partial charge in [0.1, 0.15) is 5.75 Å². The number of methoxy groups -OCH3 is 1. The van der Waals surface area contributed by atoms with Crippen molar-refractivity contribution in [2.24, 2.45) is 0 Å². The summed E-state index contributed by atoms with van der Waals surface area (Å²) in [5.74, 6) is 0.136. The third-order valence-corrected chi connectivity index (χ3v) is 4.56. The third-order valence-electron chi connectivity index (χ3n) is 4.56. The molecule has 9 heteroatoms. The van der Waals surface area contributed by atoms with Crippen LogP contribution >= 0.6 is 0 Å². The highest BCUT2D eigenvalue weighted by Gasteiger charge is 2.30. The number of imide groups is 1. The summed E-state index contributed by atoms with van der Waals surface area (Å²) < 4.78 is 15.4. The van der Waals surface area contributed by atoms with Crippen LogP contribution in [0.25, 0.3) is 11.4 Å². The lowest BCUT2D eigenvalue weighted by atomic mass is 10.2. The second-order valence-corrected chi connectivity index (χ2v) is 6.49. The highest BCUT2D eigenvalue weighted by atomic mass is 16.6. The molecule has 0 atom stereocenters. The average Bonchev–Trinajstić information content (AvgIpc) is 3.38. The van der Waals surface area contributed by atoms with Crippen molar-refractivity contribution in [1.29, 1.82) is 0 Å². The van der Waals surface area contributed by atoms with Gasteiger partial charge in [-0.1, -0.05) is 5.16 Å². The van der Waals surface area contributed by atoms with Gasteiger partial charge in [0.25, 0.3) is 5.89 Å². The third kappa shape index (κ3) is 3.90. The molecule has 2 heterocycles. The number of anilines is 1. The van der Waals surface area contributed by atoms with Gasteiger partial charge >= 0.3 is 5.97 Å². The molecule has 1 fully saturated rings. The molecule has 9 nitrogen and oxygen atoms in total. The number of carbonyl (C=O) groups is 3. The van der Waals surface area contributed by atoms with E-state index in [9.17, 15) is 14.4 Å². The Balaban J connectivity index is 1.37. The summed E-state index contributed by atoms with van der Waals surface area (Å²) in [7, 11) is 1.58. The lowest BCUT2D eigenvalue weighted by Gasteiger charge is -2.13. The summed E-state index contributed by atoms with van der Waals surface area (Å²) in [4.78, 5) is 41.1. The maximum atomic E-state index is 12.3. The van der Waals surface area contributed by atoms with Crippen molar-refractivity contribution in [2.45, 2.75) is 19.4 Å². The molecule has 0 aliphatic carbocycles. The SMILES string of the molecule is COc1ccc(-c2noc(COC(=O)c3ccc(N4C(=O)CCC4=O)cc3)n2)cc1. The number of rotatable bonds is 6. The van der Waals surface area contributed by atoms with E-state index >= 15 is 0 Å². The predicted octanol–water partition coefficient (Wildman–Crippen LogP) is 2.76. The lowest BCUT2D eigenvalue weighted by molar-refractivity contribution is -0.121. The molecular weight excluding hydrogens is 390 g/mol. The van der Waals surface area contributed by atoms with Gasteiger partial charge in [0.2, 0.25) is 17.6 Å². The van der Waals surface area contributed by atoms with Crippen LogP contribution in [0.4, 0.5) is 5.69 Å². The number of ether oxygens (including phenoxy) is 2. The minimum absolute atomic E-state index is 0.152. The average molecular weight is 407 g/mol. The maximum Gasteiger partial charge on any atom is 0.338 e. The van der Waals surface area contributed by atoms with Crippen molar-refractivity contribution in [2.75, 3.05) is 12.0 Å². The van der Waals surface area contributed by atoms with Crippen molar-refractivity contribution in [3.8, 4) is 17.1 Å². The van der Waals surface area contributed by atoms with E-state index < -0.39 is 5.97 Å². The molecule has 0 saturated carbocycles. The molecule has 0 N–H and O–H groups in total. The molecule has 1 saturated heterocycles. The van der Waals surface area contributed by atoms with E-state index in [1.807, 2.05) is 0 Å². The Morgan fingerprint density at radius 1 is 1.03 bits per heavy atom.